The molecule has 0 aliphatic heterocycles. The van der Waals surface area contributed by atoms with Gasteiger partial charge in [0.1, 0.15) is 12.2 Å². The lowest BCUT2D eigenvalue weighted by molar-refractivity contribution is -0.118. The van der Waals surface area contributed by atoms with E-state index in [1.807, 2.05) is 22.6 Å². The average Bonchev–Trinajstić information content (AvgIpc) is 3.53. The Morgan fingerprint density at radius 2 is 1.79 bits per heavy atom. The van der Waals surface area contributed by atoms with Crippen LogP contribution in [0.15, 0.2) is 76.7 Å². The Labute approximate surface area is 289 Å². The van der Waals surface area contributed by atoms with Gasteiger partial charge in [-0.3, -0.25) is 9.59 Å². The highest BCUT2D eigenvalue weighted by Gasteiger charge is 2.42. The highest BCUT2D eigenvalue weighted by atomic mass is 127. The Balaban J connectivity index is 1.58. The quantitative estimate of drug-likeness (QED) is 0.153. The third kappa shape index (κ3) is 7.68. The average molecular weight is 777 g/mol. The fourth-order valence-electron chi connectivity index (χ4n) is 5.46. The number of nitrogens with zero attached hydrogens (tertiary/aromatic N) is 1. The normalized spacial score (nSPS) is 17.6. The summed E-state index contributed by atoms with van der Waals surface area (Å²) in [6, 6.07) is 16.2. The number of methoxy groups -OCH3 is 2. The van der Waals surface area contributed by atoms with E-state index < -0.39 is 30.1 Å². The molecule has 0 saturated heterocycles. The van der Waals surface area contributed by atoms with Crippen molar-refractivity contribution in [1.82, 2.24) is 10.2 Å². The van der Waals surface area contributed by atoms with Crippen LogP contribution in [0.1, 0.15) is 28.1 Å². The highest BCUT2D eigenvalue weighted by molar-refractivity contribution is 14.1. The number of para-hydroxylation sites is 1. The van der Waals surface area contributed by atoms with Crippen LogP contribution < -0.4 is 19.5 Å². The smallest absolute Gasteiger partial charge is 0.290 e. The van der Waals surface area contributed by atoms with E-state index in [9.17, 15) is 24.9 Å². The summed E-state index contributed by atoms with van der Waals surface area (Å²) >= 11 is 8.18. The molecule has 3 unspecified atom stereocenters. The zero-order valence-corrected chi connectivity index (χ0v) is 28.5. The van der Waals surface area contributed by atoms with E-state index in [1.54, 1.807) is 60.7 Å². The van der Waals surface area contributed by atoms with Crippen molar-refractivity contribution in [3.8, 4) is 17.2 Å². The molecule has 0 radical (unpaired) electrons. The second kappa shape index (κ2) is 15.4. The molecule has 0 fully saturated rings. The minimum Gasteiger partial charge on any atom is -0.493 e. The molecule has 1 heterocycles. The number of carbonyl (C=O) groups is 2. The van der Waals surface area contributed by atoms with Crippen LogP contribution in [0, 0.1) is 3.57 Å². The van der Waals surface area contributed by atoms with Crippen LogP contribution in [0.25, 0.3) is 11.0 Å². The van der Waals surface area contributed by atoms with Gasteiger partial charge in [0.2, 0.25) is 5.91 Å². The Morgan fingerprint density at radius 1 is 1.04 bits per heavy atom. The molecule has 11 nitrogen and oxygen atoms in total. The van der Waals surface area contributed by atoms with Gasteiger partial charge in [0.25, 0.3) is 5.91 Å². The first-order chi connectivity index (χ1) is 22.7. The van der Waals surface area contributed by atoms with Gasteiger partial charge < -0.3 is 44.2 Å². The molecule has 1 aliphatic rings. The molecule has 4 aromatic rings. The molecular formula is C34H34ClIN2O9. The van der Waals surface area contributed by atoms with Crippen LogP contribution in [0.5, 0.6) is 17.2 Å². The monoisotopic (exact) mass is 776 g/mol. The summed E-state index contributed by atoms with van der Waals surface area (Å²) in [7, 11) is 2.96. The molecule has 4 N–H and O–H groups in total. The van der Waals surface area contributed by atoms with Crippen molar-refractivity contribution in [3.05, 3.63) is 97.8 Å². The number of nitrogens with one attached hydrogen (secondary N) is 1. The number of hydrogen-bond acceptors (Lipinski definition) is 9. The Kier molecular flexibility index (Phi) is 11.3. The first-order valence-electron chi connectivity index (χ1n) is 14.7. The molecule has 47 heavy (non-hydrogen) atoms. The van der Waals surface area contributed by atoms with Crippen LogP contribution >= 0.6 is 34.2 Å². The molecular weight excluding hydrogens is 743 g/mol. The van der Waals surface area contributed by atoms with E-state index in [0.717, 1.165) is 5.56 Å². The molecule has 3 atom stereocenters. The van der Waals surface area contributed by atoms with Crippen molar-refractivity contribution in [3.63, 3.8) is 0 Å². The topological polar surface area (TPSA) is 151 Å². The van der Waals surface area contributed by atoms with Gasteiger partial charge in [0.05, 0.1) is 37.0 Å². The van der Waals surface area contributed by atoms with Crippen molar-refractivity contribution in [2.75, 3.05) is 27.4 Å². The minimum atomic E-state index is -1.32. The van der Waals surface area contributed by atoms with Crippen LogP contribution in [-0.2, 0) is 17.9 Å². The van der Waals surface area contributed by atoms with Gasteiger partial charge in [-0.2, -0.15) is 0 Å². The molecule has 2 amide bonds. The van der Waals surface area contributed by atoms with Crippen LogP contribution in [0.3, 0.4) is 0 Å². The van der Waals surface area contributed by atoms with Crippen molar-refractivity contribution in [2.45, 2.75) is 37.8 Å². The second-order valence-corrected chi connectivity index (χ2v) is 12.4. The van der Waals surface area contributed by atoms with E-state index in [2.05, 4.69) is 5.32 Å². The molecule has 0 bridgehead atoms. The number of aliphatic hydroxyl groups excluding tert-OH is 3. The highest BCUT2D eigenvalue weighted by Crippen LogP contribution is 2.38. The summed E-state index contributed by atoms with van der Waals surface area (Å²) in [5, 5.41) is 34.8. The Bertz CT molecular complexity index is 1780. The fourth-order valence-corrected chi connectivity index (χ4v) is 6.38. The van der Waals surface area contributed by atoms with Crippen molar-refractivity contribution >= 4 is 57.0 Å². The molecule has 3 aromatic carbocycles. The van der Waals surface area contributed by atoms with E-state index in [4.69, 9.17) is 30.2 Å². The number of furan rings is 1. The summed E-state index contributed by atoms with van der Waals surface area (Å²) in [4.78, 5) is 29.1. The summed E-state index contributed by atoms with van der Waals surface area (Å²) in [6.45, 7) is -0.437. The third-order valence-electron chi connectivity index (χ3n) is 7.81. The number of carbonyl (C=O) groups excluding carboxylic acids is 2. The third-order valence-corrected chi connectivity index (χ3v) is 8.86. The second-order valence-electron chi connectivity index (χ2n) is 10.8. The maximum atomic E-state index is 14.4. The number of aliphatic hydroxyl groups is 3. The Morgan fingerprint density at radius 3 is 2.47 bits per heavy atom. The predicted octanol–water partition coefficient (Wildman–Crippen LogP) is 4.46. The van der Waals surface area contributed by atoms with Crippen LogP contribution in [-0.4, -0.2) is 77.7 Å². The van der Waals surface area contributed by atoms with Crippen LogP contribution in [0.4, 0.5) is 0 Å². The van der Waals surface area contributed by atoms with Gasteiger partial charge in [-0.15, -0.1) is 0 Å². The van der Waals surface area contributed by atoms with Crippen molar-refractivity contribution in [1.29, 1.82) is 0 Å². The first kappa shape index (κ1) is 34.5. The summed E-state index contributed by atoms with van der Waals surface area (Å²) < 4.78 is 23.9. The molecule has 0 saturated carbocycles. The summed E-state index contributed by atoms with van der Waals surface area (Å²) in [6.07, 6.45) is -0.945. The first-order valence-corrected chi connectivity index (χ1v) is 16.2. The van der Waals surface area contributed by atoms with Gasteiger partial charge in [-0.05, 0) is 76.2 Å². The number of benzene rings is 3. The number of ether oxygens (including phenoxy) is 3. The SMILES string of the molecule is COc1cc(CO)cc(I)c1OC1C=C(C(=O)NCCO)CC(N(Cc2ccc(Cl)cc2)C(=O)c2cc3cccc(OC)c3o2)C1O. The van der Waals surface area contributed by atoms with Gasteiger partial charge >= 0.3 is 0 Å². The van der Waals surface area contributed by atoms with Gasteiger partial charge in [-0.1, -0.05) is 35.9 Å². The Hall–Kier alpha value is -3.82. The lowest BCUT2D eigenvalue weighted by atomic mass is 9.87. The van der Waals surface area contributed by atoms with Crippen molar-refractivity contribution in [2.24, 2.45) is 0 Å². The largest absolute Gasteiger partial charge is 0.493 e. The van der Waals surface area contributed by atoms with Gasteiger partial charge in [-0.25, -0.2) is 0 Å². The molecule has 0 spiro atoms. The van der Waals surface area contributed by atoms with Crippen LogP contribution in [0.2, 0.25) is 5.02 Å². The maximum absolute atomic E-state index is 14.4. The van der Waals surface area contributed by atoms with E-state index in [0.29, 0.717) is 42.4 Å². The van der Waals surface area contributed by atoms with E-state index in [-0.39, 0.29) is 44.1 Å². The minimum absolute atomic E-state index is 0.0114. The van der Waals surface area contributed by atoms with Crippen molar-refractivity contribution < 1.29 is 43.5 Å². The van der Waals surface area contributed by atoms with E-state index in [1.165, 1.54) is 25.2 Å². The molecule has 248 valence electrons. The lowest BCUT2D eigenvalue weighted by Gasteiger charge is -2.40. The lowest BCUT2D eigenvalue weighted by Crippen LogP contribution is -2.54. The maximum Gasteiger partial charge on any atom is 0.290 e. The summed E-state index contributed by atoms with van der Waals surface area (Å²) in [5.41, 5.74) is 1.97. The zero-order valence-electron chi connectivity index (χ0n) is 25.6. The number of halogens is 2. The molecule has 1 aromatic heterocycles. The number of rotatable bonds is 12. The molecule has 5 rings (SSSR count). The summed E-state index contributed by atoms with van der Waals surface area (Å²) in [5.74, 6) is 0.0755. The predicted molar refractivity (Wildman–Crippen MR) is 183 cm³/mol. The number of hydrogen-bond donors (Lipinski definition) is 4. The van der Waals surface area contributed by atoms with Gasteiger partial charge in [0.15, 0.2) is 28.6 Å². The molecule has 13 heteroatoms. The molecule has 1 aliphatic carbocycles. The number of amides is 2. The van der Waals surface area contributed by atoms with E-state index >= 15 is 0 Å². The standard InChI is InChI=1S/C34H34ClIN2O9/c1-44-26-5-3-4-21-15-29(47-31(21)26)34(43)38(17-19-6-8-23(35)9-7-19)25-14-22(33(42)37-10-11-39)16-27(30(25)41)46-32-24(36)12-20(18-40)13-28(32)45-2/h3-9,12-13,15-16,25,27,30,39-41H,10-11,14,17-18H2,1-2H3,(H,37,42). The fraction of sp³-hybridized carbons (Fsp3) is 0.294. The van der Waals surface area contributed by atoms with Gasteiger partial charge in [0, 0.05) is 35.5 Å². The number of fused-ring (bicyclic) bond motifs is 1. The zero-order chi connectivity index (χ0) is 33.7.